The molecule has 0 radical (unpaired) electrons. The van der Waals surface area contributed by atoms with Crippen LogP contribution in [0.4, 0.5) is 5.69 Å². The third-order valence-corrected chi connectivity index (χ3v) is 3.70. The summed E-state index contributed by atoms with van der Waals surface area (Å²) in [6.07, 6.45) is 1.84. The van der Waals surface area contributed by atoms with Crippen molar-refractivity contribution in [2.24, 2.45) is 16.3 Å². The first-order chi connectivity index (χ1) is 8.88. The Morgan fingerprint density at radius 1 is 1.37 bits per heavy atom. The standard InChI is InChI=1S/C15H25N3O/c1-11-7-5-8-13(12(11)2)17-10-6-9-15(3,4)14(16)18-19/h5,7-8,17,19H,6,9-10H2,1-4H3,(H2,16,18). The van der Waals surface area contributed by atoms with Crippen molar-refractivity contribution in [3.05, 3.63) is 29.3 Å². The highest BCUT2D eigenvalue weighted by atomic mass is 16.4. The first kappa shape index (κ1) is 15.3. The number of amidine groups is 1. The summed E-state index contributed by atoms with van der Waals surface area (Å²) in [6, 6.07) is 6.27. The Bertz CT molecular complexity index is 453. The van der Waals surface area contributed by atoms with Gasteiger partial charge in [-0.25, -0.2) is 0 Å². The van der Waals surface area contributed by atoms with Gasteiger partial charge in [-0.05, 0) is 43.9 Å². The minimum atomic E-state index is -0.266. The maximum atomic E-state index is 8.72. The molecular weight excluding hydrogens is 238 g/mol. The molecule has 4 heteroatoms. The molecular formula is C15H25N3O. The van der Waals surface area contributed by atoms with Gasteiger partial charge < -0.3 is 16.3 Å². The molecule has 0 aliphatic heterocycles. The summed E-state index contributed by atoms with van der Waals surface area (Å²) >= 11 is 0. The van der Waals surface area contributed by atoms with Gasteiger partial charge in [-0.1, -0.05) is 31.1 Å². The number of aryl methyl sites for hydroxylation is 1. The van der Waals surface area contributed by atoms with Crippen molar-refractivity contribution in [3.63, 3.8) is 0 Å². The van der Waals surface area contributed by atoms with Crippen LogP contribution in [0.15, 0.2) is 23.4 Å². The van der Waals surface area contributed by atoms with Crippen LogP contribution in [0.1, 0.15) is 37.8 Å². The van der Waals surface area contributed by atoms with Crippen LogP contribution in [0.2, 0.25) is 0 Å². The lowest BCUT2D eigenvalue weighted by Crippen LogP contribution is -2.32. The van der Waals surface area contributed by atoms with E-state index in [0.717, 1.165) is 19.4 Å². The van der Waals surface area contributed by atoms with Crippen LogP contribution in [0.25, 0.3) is 0 Å². The normalized spacial score (nSPS) is 12.5. The Hall–Kier alpha value is -1.71. The number of nitrogens with one attached hydrogen (secondary N) is 1. The molecule has 1 rings (SSSR count). The molecule has 0 unspecified atom stereocenters. The third-order valence-electron chi connectivity index (χ3n) is 3.70. The van der Waals surface area contributed by atoms with Crippen LogP contribution in [-0.4, -0.2) is 17.6 Å². The van der Waals surface area contributed by atoms with E-state index >= 15 is 0 Å². The first-order valence-corrected chi connectivity index (χ1v) is 6.66. The highest BCUT2D eigenvalue weighted by Crippen LogP contribution is 2.23. The van der Waals surface area contributed by atoms with Gasteiger partial charge in [0.05, 0.1) is 0 Å². The number of hydrogen-bond donors (Lipinski definition) is 3. The number of hydrogen-bond acceptors (Lipinski definition) is 3. The van der Waals surface area contributed by atoms with Crippen molar-refractivity contribution in [2.45, 2.75) is 40.5 Å². The van der Waals surface area contributed by atoms with Crippen molar-refractivity contribution < 1.29 is 5.21 Å². The molecule has 106 valence electrons. The minimum absolute atomic E-state index is 0.266. The second-order valence-electron chi connectivity index (χ2n) is 5.65. The molecule has 0 aliphatic rings. The fourth-order valence-electron chi connectivity index (χ4n) is 1.96. The van der Waals surface area contributed by atoms with Crippen molar-refractivity contribution in [1.82, 2.24) is 0 Å². The topological polar surface area (TPSA) is 70.6 Å². The summed E-state index contributed by atoms with van der Waals surface area (Å²) in [7, 11) is 0. The highest BCUT2D eigenvalue weighted by molar-refractivity contribution is 5.85. The molecule has 0 atom stereocenters. The molecule has 1 aromatic rings. The van der Waals surface area contributed by atoms with Gasteiger partial charge in [0.15, 0.2) is 0 Å². The number of nitrogens with zero attached hydrogens (tertiary/aromatic N) is 1. The van der Waals surface area contributed by atoms with Crippen LogP contribution < -0.4 is 11.1 Å². The van der Waals surface area contributed by atoms with Gasteiger partial charge in [0, 0.05) is 17.6 Å². The summed E-state index contributed by atoms with van der Waals surface area (Å²) in [6.45, 7) is 9.09. The average Bonchev–Trinajstić information content (AvgIpc) is 2.38. The van der Waals surface area contributed by atoms with Crippen molar-refractivity contribution in [3.8, 4) is 0 Å². The molecule has 1 aromatic carbocycles. The van der Waals surface area contributed by atoms with E-state index in [-0.39, 0.29) is 5.41 Å². The zero-order valence-corrected chi connectivity index (χ0v) is 12.3. The van der Waals surface area contributed by atoms with Gasteiger partial charge in [-0.3, -0.25) is 0 Å². The van der Waals surface area contributed by atoms with E-state index in [1.54, 1.807) is 0 Å². The first-order valence-electron chi connectivity index (χ1n) is 6.66. The van der Waals surface area contributed by atoms with E-state index in [9.17, 15) is 0 Å². The number of rotatable bonds is 6. The van der Waals surface area contributed by atoms with Crippen LogP contribution in [-0.2, 0) is 0 Å². The zero-order chi connectivity index (χ0) is 14.5. The molecule has 0 aromatic heterocycles. The smallest absolute Gasteiger partial charge is 0.144 e. The summed E-state index contributed by atoms with van der Waals surface area (Å²) < 4.78 is 0. The quantitative estimate of drug-likeness (QED) is 0.242. The number of nitrogens with two attached hydrogens (primary N) is 1. The molecule has 4 nitrogen and oxygen atoms in total. The molecule has 0 spiro atoms. The van der Waals surface area contributed by atoms with Crippen LogP contribution >= 0.6 is 0 Å². The van der Waals surface area contributed by atoms with Crippen molar-refractivity contribution in [2.75, 3.05) is 11.9 Å². The van der Waals surface area contributed by atoms with E-state index in [1.165, 1.54) is 16.8 Å². The fourth-order valence-corrected chi connectivity index (χ4v) is 1.96. The molecule has 0 saturated carbocycles. The molecule has 0 aliphatic carbocycles. The molecule has 0 amide bonds. The van der Waals surface area contributed by atoms with Crippen LogP contribution in [0.3, 0.4) is 0 Å². The average molecular weight is 263 g/mol. The van der Waals surface area contributed by atoms with E-state index in [1.807, 2.05) is 13.8 Å². The second kappa shape index (κ2) is 6.45. The predicted molar refractivity (Wildman–Crippen MR) is 80.8 cm³/mol. The summed E-state index contributed by atoms with van der Waals surface area (Å²) in [5.41, 5.74) is 9.17. The molecule has 0 heterocycles. The van der Waals surface area contributed by atoms with Gasteiger partial charge in [0.2, 0.25) is 0 Å². The molecule has 0 saturated heterocycles. The van der Waals surface area contributed by atoms with Crippen LogP contribution in [0.5, 0.6) is 0 Å². The van der Waals surface area contributed by atoms with Gasteiger partial charge in [0.25, 0.3) is 0 Å². The third kappa shape index (κ3) is 4.16. The van der Waals surface area contributed by atoms with E-state index in [2.05, 4.69) is 42.5 Å². The Kier molecular flexibility index (Phi) is 5.21. The summed E-state index contributed by atoms with van der Waals surface area (Å²) in [5.74, 6) is 0.291. The summed E-state index contributed by atoms with van der Waals surface area (Å²) in [4.78, 5) is 0. The Morgan fingerprint density at radius 2 is 2.05 bits per heavy atom. The lowest BCUT2D eigenvalue weighted by molar-refractivity contribution is 0.305. The molecule has 4 N–H and O–H groups in total. The predicted octanol–water partition coefficient (Wildman–Crippen LogP) is 3.27. The zero-order valence-electron chi connectivity index (χ0n) is 12.3. The summed E-state index contributed by atoms with van der Waals surface area (Å²) in [5, 5.41) is 15.3. The lowest BCUT2D eigenvalue weighted by atomic mass is 9.86. The molecule has 19 heavy (non-hydrogen) atoms. The van der Waals surface area contributed by atoms with Crippen molar-refractivity contribution in [1.29, 1.82) is 0 Å². The Labute approximate surface area is 115 Å². The monoisotopic (exact) mass is 263 g/mol. The lowest BCUT2D eigenvalue weighted by Gasteiger charge is -2.22. The van der Waals surface area contributed by atoms with Crippen molar-refractivity contribution >= 4 is 11.5 Å². The minimum Gasteiger partial charge on any atom is -0.409 e. The number of benzene rings is 1. The maximum Gasteiger partial charge on any atom is 0.144 e. The number of anilines is 1. The van der Waals surface area contributed by atoms with Gasteiger partial charge in [-0.15, -0.1) is 0 Å². The Morgan fingerprint density at radius 3 is 2.68 bits per heavy atom. The SMILES string of the molecule is Cc1cccc(NCCCC(C)(C)C(N)=NO)c1C. The van der Waals surface area contributed by atoms with Crippen LogP contribution in [0, 0.1) is 19.3 Å². The molecule has 0 fully saturated rings. The maximum absolute atomic E-state index is 8.72. The molecule has 0 bridgehead atoms. The van der Waals surface area contributed by atoms with E-state index in [0.29, 0.717) is 5.84 Å². The van der Waals surface area contributed by atoms with Gasteiger partial charge in [0.1, 0.15) is 5.84 Å². The van der Waals surface area contributed by atoms with Gasteiger partial charge >= 0.3 is 0 Å². The fraction of sp³-hybridized carbons (Fsp3) is 0.533. The highest BCUT2D eigenvalue weighted by Gasteiger charge is 2.22. The Balaban J connectivity index is 2.46. The van der Waals surface area contributed by atoms with E-state index in [4.69, 9.17) is 10.9 Å². The van der Waals surface area contributed by atoms with E-state index < -0.39 is 0 Å². The second-order valence-corrected chi connectivity index (χ2v) is 5.65. The number of oxime groups is 1. The van der Waals surface area contributed by atoms with Gasteiger partial charge in [-0.2, -0.15) is 0 Å². The largest absolute Gasteiger partial charge is 0.409 e.